The molecule has 8 heteroatoms. The number of halogens is 2. The zero-order chi connectivity index (χ0) is 20.3. The number of nitrogens with one attached hydrogen (secondary N) is 2. The fraction of sp³-hybridized carbons (Fsp3) is 0.250. The monoisotopic (exact) mass is 387 g/mol. The van der Waals surface area contributed by atoms with E-state index in [1.807, 2.05) is 24.3 Å². The Morgan fingerprint density at radius 3 is 2.89 bits per heavy atom. The highest BCUT2D eigenvalue weighted by Gasteiger charge is 2.44. The molecule has 144 valence electrons. The molecule has 0 unspecified atom stereocenters. The van der Waals surface area contributed by atoms with Crippen LogP contribution in [0.2, 0.25) is 0 Å². The van der Waals surface area contributed by atoms with Crippen LogP contribution < -0.4 is 14.8 Å². The average Bonchev–Trinajstić information content (AvgIpc) is 3.21. The van der Waals surface area contributed by atoms with Gasteiger partial charge in [0.15, 0.2) is 11.5 Å². The largest absolute Gasteiger partial charge is 0.586 e. The molecule has 0 amide bonds. The number of aromatic amines is 1. The van der Waals surface area contributed by atoms with Crippen molar-refractivity contribution in [1.82, 2.24) is 10.3 Å². The molecule has 0 saturated heterocycles. The summed E-state index contributed by atoms with van der Waals surface area (Å²) in [5.74, 6) is -0.786. The molecule has 1 aromatic heterocycles. The molecule has 6 nitrogen and oxygen atoms in total. The standard InChI is InChI=1S/C20H16F2N2O4/c1-26-19(25)14-9-12-11-4-2-3-5-13(11)23-18(12)17(24-14)10-6-7-15-16(8-10)28-20(21,22)27-15/h2-8,14,17,23-24H,9H2,1H3/t14-,17-/m0/s1/i6D. The number of methoxy groups -OCH3 is 1. The van der Waals surface area contributed by atoms with Gasteiger partial charge in [0, 0.05) is 23.0 Å². The number of fused-ring (bicyclic) bond motifs is 4. The van der Waals surface area contributed by atoms with E-state index >= 15 is 0 Å². The van der Waals surface area contributed by atoms with Crippen LogP contribution >= 0.6 is 0 Å². The van der Waals surface area contributed by atoms with E-state index in [1.54, 1.807) is 0 Å². The maximum atomic E-state index is 13.4. The Morgan fingerprint density at radius 1 is 1.29 bits per heavy atom. The molecule has 2 aliphatic rings. The van der Waals surface area contributed by atoms with Crippen molar-refractivity contribution in [2.75, 3.05) is 7.11 Å². The van der Waals surface area contributed by atoms with Crippen LogP contribution in [0.25, 0.3) is 10.9 Å². The first-order chi connectivity index (χ1) is 13.9. The third-order valence-electron chi connectivity index (χ3n) is 5.07. The lowest BCUT2D eigenvalue weighted by Crippen LogP contribution is -2.45. The smallest absolute Gasteiger partial charge is 0.468 e. The molecule has 0 bridgehead atoms. The van der Waals surface area contributed by atoms with E-state index in [1.165, 1.54) is 19.2 Å². The lowest BCUT2D eigenvalue weighted by Gasteiger charge is -2.30. The van der Waals surface area contributed by atoms with Gasteiger partial charge in [-0.2, -0.15) is 0 Å². The third kappa shape index (κ3) is 2.60. The Kier molecular flexibility index (Phi) is 3.37. The zero-order valence-electron chi connectivity index (χ0n) is 15.7. The molecule has 3 heterocycles. The molecule has 0 fully saturated rings. The first-order valence-electron chi connectivity index (χ1n) is 9.20. The quantitative estimate of drug-likeness (QED) is 0.661. The predicted molar refractivity (Wildman–Crippen MR) is 95.4 cm³/mol. The maximum absolute atomic E-state index is 13.4. The van der Waals surface area contributed by atoms with E-state index in [2.05, 4.69) is 19.8 Å². The van der Waals surface area contributed by atoms with Crippen LogP contribution in [0.5, 0.6) is 11.5 Å². The SMILES string of the molecule is [2H]c1cc2c(cc1[C@@H]1N[C@H](C(=O)OC)Cc3c1[nH]c1ccccc31)OC(F)(F)O2. The van der Waals surface area contributed by atoms with E-state index in [0.717, 1.165) is 22.2 Å². The van der Waals surface area contributed by atoms with Gasteiger partial charge in [0.2, 0.25) is 0 Å². The van der Waals surface area contributed by atoms with Crippen molar-refractivity contribution >= 4 is 16.9 Å². The highest BCUT2D eigenvalue weighted by Crippen LogP contribution is 2.44. The number of esters is 1. The van der Waals surface area contributed by atoms with Crippen molar-refractivity contribution in [3.05, 3.63) is 59.3 Å². The van der Waals surface area contributed by atoms with Crippen molar-refractivity contribution in [2.24, 2.45) is 0 Å². The number of carbonyl (C=O) groups is 1. The lowest BCUT2D eigenvalue weighted by molar-refractivity contribution is -0.286. The summed E-state index contributed by atoms with van der Waals surface area (Å²) < 4.78 is 49.1. The Balaban J connectivity index is 1.66. The van der Waals surface area contributed by atoms with E-state index in [0.29, 0.717) is 12.0 Å². The second-order valence-corrected chi connectivity index (χ2v) is 6.73. The summed E-state index contributed by atoms with van der Waals surface area (Å²) in [5.41, 5.74) is 2.95. The number of hydrogen-bond acceptors (Lipinski definition) is 5. The van der Waals surface area contributed by atoms with Crippen LogP contribution in [0.4, 0.5) is 8.78 Å². The van der Waals surface area contributed by atoms with Gasteiger partial charge >= 0.3 is 12.3 Å². The number of rotatable bonds is 2. The summed E-state index contributed by atoms with van der Waals surface area (Å²) in [6, 6.07) is 8.92. The number of carbonyl (C=O) groups excluding carboxylic acids is 1. The maximum Gasteiger partial charge on any atom is 0.586 e. The topological polar surface area (TPSA) is 72.6 Å². The number of para-hydroxylation sites is 1. The number of hydrogen-bond donors (Lipinski definition) is 2. The molecule has 0 radical (unpaired) electrons. The number of ether oxygens (including phenoxy) is 3. The normalized spacial score (nSPS) is 22.6. The zero-order valence-corrected chi connectivity index (χ0v) is 14.7. The van der Waals surface area contributed by atoms with Crippen molar-refractivity contribution in [3.8, 4) is 11.5 Å². The van der Waals surface area contributed by atoms with E-state index < -0.39 is 24.3 Å². The molecular formula is C20H16F2N2O4. The summed E-state index contributed by atoms with van der Waals surface area (Å²) in [7, 11) is 1.31. The van der Waals surface area contributed by atoms with E-state index in [4.69, 9.17) is 6.11 Å². The van der Waals surface area contributed by atoms with Crippen molar-refractivity contribution < 1.29 is 29.2 Å². The lowest BCUT2D eigenvalue weighted by atomic mass is 9.90. The second kappa shape index (κ2) is 5.93. The summed E-state index contributed by atoms with van der Waals surface area (Å²) in [5, 5.41) is 4.14. The minimum absolute atomic E-state index is 0.0160. The van der Waals surface area contributed by atoms with Gasteiger partial charge in [-0.15, -0.1) is 8.78 Å². The number of aromatic nitrogens is 1. The van der Waals surface area contributed by atoms with Gasteiger partial charge in [0.25, 0.3) is 0 Å². The van der Waals surface area contributed by atoms with Gasteiger partial charge < -0.3 is 19.2 Å². The first-order valence-corrected chi connectivity index (χ1v) is 8.70. The van der Waals surface area contributed by atoms with Crippen LogP contribution in [-0.4, -0.2) is 30.4 Å². The molecule has 2 aromatic carbocycles. The van der Waals surface area contributed by atoms with Crippen LogP contribution in [0, 0.1) is 0 Å². The minimum atomic E-state index is -3.77. The summed E-state index contributed by atoms with van der Waals surface area (Å²) in [6.45, 7) is 0. The molecule has 2 aliphatic heterocycles. The predicted octanol–water partition coefficient (Wildman–Crippen LogP) is 3.27. The Hall–Kier alpha value is -3.13. The average molecular weight is 387 g/mol. The van der Waals surface area contributed by atoms with Crippen molar-refractivity contribution in [3.63, 3.8) is 0 Å². The molecule has 5 rings (SSSR count). The molecule has 0 saturated carbocycles. The van der Waals surface area contributed by atoms with E-state index in [9.17, 15) is 13.6 Å². The fourth-order valence-electron chi connectivity index (χ4n) is 3.85. The summed E-state index contributed by atoms with van der Waals surface area (Å²) >= 11 is 0. The van der Waals surface area contributed by atoms with Gasteiger partial charge in [-0.05, 0) is 29.3 Å². The van der Waals surface area contributed by atoms with E-state index in [-0.39, 0.29) is 17.5 Å². The van der Waals surface area contributed by atoms with Crippen LogP contribution in [-0.2, 0) is 16.0 Å². The van der Waals surface area contributed by atoms with Gasteiger partial charge in [-0.3, -0.25) is 10.1 Å². The highest BCUT2D eigenvalue weighted by atomic mass is 19.3. The van der Waals surface area contributed by atoms with Crippen LogP contribution in [0.1, 0.15) is 24.2 Å². The Morgan fingerprint density at radius 2 is 2.07 bits per heavy atom. The van der Waals surface area contributed by atoms with Gasteiger partial charge in [-0.1, -0.05) is 24.2 Å². The van der Waals surface area contributed by atoms with Gasteiger partial charge in [0.05, 0.1) is 14.5 Å². The van der Waals surface area contributed by atoms with Crippen LogP contribution in [0.15, 0.2) is 42.4 Å². The van der Waals surface area contributed by atoms with Gasteiger partial charge in [0.1, 0.15) is 6.04 Å². The Bertz CT molecular complexity index is 1150. The third-order valence-corrected chi connectivity index (χ3v) is 5.07. The summed E-state index contributed by atoms with van der Waals surface area (Å²) in [4.78, 5) is 15.6. The molecule has 28 heavy (non-hydrogen) atoms. The minimum Gasteiger partial charge on any atom is -0.468 e. The van der Waals surface area contributed by atoms with Gasteiger partial charge in [-0.25, -0.2) is 0 Å². The van der Waals surface area contributed by atoms with Crippen molar-refractivity contribution in [1.29, 1.82) is 0 Å². The number of H-pyrrole nitrogens is 1. The molecule has 0 spiro atoms. The molecule has 2 N–H and O–H groups in total. The molecular weight excluding hydrogens is 370 g/mol. The fourth-order valence-corrected chi connectivity index (χ4v) is 3.85. The molecule has 3 aromatic rings. The summed E-state index contributed by atoms with van der Waals surface area (Å²) in [6.07, 6.45) is -3.37. The second-order valence-electron chi connectivity index (χ2n) is 6.73. The molecule has 2 atom stereocenters. The van der Waals surface area contributed by atoms with Crippen molar-refractivity contribution in [2.45, 2.75) is 24.8 Å². The number of alkyl halides is 2. The highest BCUT2D eigenvalue weighted by molar-refractivity contribution is 5.87. The van der Waals surface area contributed by atoms with Crippen LogP contribution in [0.3, 0.4) is 0 Å². The molecule has 0 aliphatic carbocycles. The number of benzene rings is 2. The first kappa shape index (κ1) is 15.9. The Labute approximate surface area is 159 Å².